The average Bonchev–Trinajstić information content (AvgIpc) is 3.46. The molecule has 0 radical (unpaired) electrons. The number of anilines is 2. The third-order valence-corrected chi connectivity index (χ3v) is 4.86. The first-order valence-corrected chi connectivity index (χ1v) is 9.35. The van der Waals surface area contributed by atoms with Gasteiger partial charge in [-0.3, -0.25) is 9.59 Å². The van der Waals surface area contributed by atoms with Gasteiger partial charge in [0.1, 0.15) is 0 Å². The Morgan fingerprint density at radius 1 is 0.929 bits per heavy atom. The third kappa shape index (κ3) is 4.39. The van der Waals surface area contributed by atoms with Crippen molar-refractivity contribution in [1.82, 2.24) is 0 Å². The zero-order valence-corrected chi connectivity index (χ0v) is 16.2. The molecule has 2 aromatic carbocycles. The first-order valence-electron chi connectivity index (χ1n) is 9.35. The van der Waals surface area contributed by atoms with Crippen molar-refractivity contribution in [2.75, 3.05) is 17.2 Å². The minimum atomic E-state index is -0.397. The van der Waals surface area contributed by atoms with Gasteiger partial charge in [0, 0.05) is 11.4 Å². The quantitative estimate of drug-likeness (QED) is 0.749. The second kappa shape index (κ2) is 8.25. The van der Waals surface area contributed by atoms with Crippen molar-refractivity contribution in [2.45, 2.75) is 27.2 Å². The van der Waals surface area contributed by atoms with Gasteiger partial charge in [-0.05, 0) is 62.6 Å². The lowest BCUT2D eigenvalue weighted by atomic mass is 10.1. The molecule has 1 saturated carbocycles. The van der Waals surface area contributed by atoms with Crippen LogP contribution in [0.25, 0.3) is 0 Å². The molecule has 6 nitrogen and oxygen atoms in total. The van der Waals surface area contributed by atoms with E-state index in [-0.39, 0.29) is 23.7 Å². The van der Waals surface area contributed by atoms with Crippen LogP contribution in [0.5, 0.6) is 0 Å². The maximum absolute atomic E-state index is 12.5. The fraction of sp³-hybridized carbons (Fsp3) is 0.318. The van der Waals surface area contributed by atoms with E-state index in [1.54, 1.807) is 31.2 Å². The van der Waals surface area contributed by atoms with Crippen LogP contribution in [0.3, 0.4) is 0 Å². The van der Waals surface area contributed by atoms with Crippen LogP contribution in [-0.2, 0) is 14.3 Å². The number of para-hydroxylation sites is 1. The predicted molar refractivity (Wildman–Crippen MR) is 107 cm³/mol. The summed E-state index contributed by atoms with van der Waals surface area (Å²) in [5, 5.41) is 5.75. The fourth-order valence-electron chi connectivity index (χ4n) is 3.14. The van der Waals surface area contributed by atoms with Crippen LogP contribution in [-0.4, -0.2) is 24.4 Å². The number of hydrogen-bond acceptors (Lipinski definition) is 4. The Labute approximate surface area is 164 Å². The summed E-state index contributed by atoms with van der Waals surface area (Å²) in [7, 11) is 0. The van der Waals surface area contributed by atoms with E-state index >= 15 is 0 Å². The number of ether oxygens (including phenoxy) is 1. The molecule has 0 aromatic heterocycles. The lowest BCUT2D eigenvalue weighted by Crippen LogP contribution is -2.21. The summed E-state index contributed by atoms with van der Waals surface area (Å²) in [6.45, 7) is 5.94. The standard InChI is InChI=1S/C22H24N2O4/c1-4-28-22(27)15-8-10-16(11-9-15)23-20(25)17-12-18(17)21(26)24-19-13(2)6-5-7-14(19)3/h5-11,17-18H,4,12H2,1-3H3,(H,23,25)(H,24,26). The summed E-state index contributed by atoms with van der Waals surface area (Å²) in [5.74, 6) is -1.38. The van der Waals surface area contributed by atoms with E-state index in [9.17, 15) is 14.4 Å². The van der Waals surface area contributed by atoms with E-state index in [4.69, 9.17) is 4.74 Å². The van der Waals surface area contributed by atoms with Crippen LogP contribution >= 0.6 is 0 Å². The third-order valence-electron chi connectivity index (χ3n) is 4.86. The number of benzene rings is 2. The summed E-state index contributed by atoms with van der Waals surface area (Å²) < 4.78 is 4.93. The normalized spacial score (nSPS) is 17.5. The van der Waals surface area contributed by atoms with Gasteiger partial charge in [0.05, 0.1) is 24.0 Å². The number of nitrogens with one attached hydrogen (secondary N) is 2. The number of rotatable bonds is 6. The van der Waals surface area contributed by atoms with Crippen molar-refractivity contribution in [3.63, 3.8) is 0 Å². The zero-order chi connectivity index (χ0) is 20.3. The van der Waals surface area contributed by atoms with Gasteiger partial charge in [-0.15, -0.1) is 0 Å². The summed E-state index contributed by atoms with van der Waals surface area (Å²) in [6, 6.07) is 12.3. The van der Waals surface area contributed by atoms with Gasteiger partial charge < -0.3 is 15.4 Å². The summed E-state index contributed by atoms with van der Waals surface area (Å²) in [5.41, 5.74) is 3.82. The van der Waals surface area contributed by atoms with Gasteiger partial charge in [-0.2, -0.15) is 0 Å². The molecular formula is C22H24N2O4. The molecule has 0 heterocycles. The predicted octanol–water partition coefficient (Wildman–Crippen LogP) is 3.69. The van der Waals surface area contributed by atoms with E-state index < -0.39 is 5.97 Å². The maximum atomic E-state index is 12.5. The number of hydrogen-bond donors (Lipinski definition) is 2. The SMILES string of the molecule is CCOC(=O)c1ccc(NC(=O)C2CC2C(=O)Nc2c(C)cccc2C)cc1. The fourth-order valence-corrected chi connectivity index (χ4v) is 3.14. The molecule has 2 amide bonds. The van der Waals surface area contributed by atoms with Crippen molar-refractivity contribution in [3.05, 3.63) is 59.2 Å². The van der Waals surface area contributed by atoms with Crippen molar-refractivity contribution < 1.29 is 19.1 Å². The van der Waals surface area contributed by atoms with Crippen molar-refractivity contribution in [2.24, 2.45) is 11.8 Å². The molecule has 0 bridgehead atoms. The molecule has 2 unspecified atom stereocenters. The first kappa shape index (κ1) is 19.6. The van der Waals surface area contributed by atoms with Crippen LogP contribution in [0.2, 0.25) is 0 Å². The second-order valence-electron chi connectivity index (χ2n) is 6.99. The Balaban J connectivity index is 1.55. The minimum Gasteiger partial charge on any atom is -0.462 e. The van der Waals surface area contributed by atoms with Crippen LogP contribution in [0, 0.1) is 25.7 Å². The lowest BCUT2D eigenvalue weighted by molar-refractivity contribution is -0.122. The molecule has 0 saturated heterocycles. The van der Waals surface area contributed by atoms with Gasteiger partial charge in [0.2, 0.25) is 11.8 Å². The number of carbonyl (C=O) groups is 3. The van der Waals surface area contributed by atoms with E-state index in [0.29, 0.717) is 24.3 Å². The number of esters is 1. The number of carbonyl (C=O) groups excluding carboxylic acids is 3. The lowest BCUT2D eigenvalue weighted by Gasteiger charge is -2.11. The molecule has 2 N–H and O–H groups in total. The molecule has 0 aliphatic heterocycles. The molecule has 1 fully saturated rings. The minimum absolute atomic E-state index is 0.129. The molecule has 1 aliphatic carbocycles. The molecule has 146 valence electrons. The molecular weight excluding hydrogens is 356 g/mol. The van der Waals surface area contributed by atoms with Gasteiger partial charge in [0.25, 0.3) is 0 Å². The van der Waals surface area contributed by atoms with E-state index in [1.807, 2.05) is 32.0 Å². The molecule has 3 rings (SSSR count). The number of aryl methyl sites for hydroxylation is 2. The Morgan fingerprint density at radius 2 is 1.50 bits per heavy atom. The first-order chi connectivity index (χ1) is 13.4. The summed E-state index contributed by atoms with van der Waals surface area (Å²) in [4.78, 5) is 36.6. The van der Waals surface area contributed by atoms with Crippen LogP contribution in [0.1, 0.15) is 34.8 Å². The Kier molecular flexibility index (Phi) is 5.78. The Morgan fingerprint density at radius 3 is 2.07 bits per heavy atom. The molecule has 0 spiro atoms. The van der Waals surface area contributed by atoms with Gasteiger partial charge in [-0.1, -0.05) is 18.2 Å². The highest BCUT2D eigenvalue weighted by atomic mass is 16.5. The van der Waals surface area contributed by atoms with Crippen LogP contribution in [0.15, 0.2) is 42.5 Å². The molecule has 2 aromatic rings. The molecule has 1 aliphatic rings. The highest BCUT2D eigenvalue weighted by Crippen LogP contribution is 2.40. The van der Waals surface area contributed by atoms with E-state index in [0.717, 1.165) is 16.8 Å². The topological polar surface area (TPSA) is 84.5 Å². The largest absolute Gasteiger partial charge is 0.462 e. The average molecular weight is 380 g/mol. The van der Waals surface area contributed by atoms with E-state index in [1.165, 1.54) is 0 Å². The summed E-state index contributed by atoms with van der Waals surface area (Å²) in [6.07, 6.45) is 0.531. The van der Waals surface area contributed by atoms with Crippen molar-refractivity contribution in [1.29, 1.82) is 0 Å². The Hall–Kier alpha value is -3.15. The van der Waals surface area contributed by atoms with E-state index in [2.05, 4.69) is 10.6 Å². The molecule has 2 atom stereocenters. The van der Waals surface area contributed by atoms with Gasteiger partial charge in [-0.25, -0.2) is 4.79 Å². The van der Waals surface area contributed by atoms with Crippen LogP contribution < -0.4 is 10.6 Å². The van der Waals surface area contributed by atoms with Crippen molar-refractivity contribution in [3.8, 4) is 0 Å². The number of amides is 2. The monoisotopic (exact) mass is 380 g/mol. The van der Waals surface area contributed by atoms with Crippen LogP contribution in [0.4, 0.5) is 11.4 Å². The highest BCUT2D eigenvalue weighted by Gasteiger charge is 2.48. The Bertz CT molecular complexity index is 885. The zero-order valence-electron chi connectivity index (χ0n) is 16.2. The van der Waals surface area contributed by atoms with Gasteiger partial charge >= 0.3 is 5.97 Å². The highest BCUT2D eigenvalue weighted by molar-refractivity contribution is 6.03. The second-order valence-corrected chi connectivity index (χ2v) is 6.99. The molecule has 28 heavy (non-hydrogen) atoms. The molecule has 6 heteroatoms. The smallest absolute Gasteiger partial charge is 0.338 e. The maximum Gasteiger partial charge on any atom is 0.338 e. The van der Waals surface area contributed by atoms with Gasteiger partial charge in [0.15, 0.2) is 0 Å². The summed E-state index contributed by atoms with van der Waals surface area (Å²) >= 11 is 0. The van der Waals surface area contributed by atoms with Crippen molar-refractivity contribution >= 4 is 29.2 Å².